The predicted molar refractivity (Wildman–Crippen MR) is 116 cm³/mol. The molecule has 0 saturated heterocycles. The highest BCUT2D eigenvalue weighted by atomic mass is 16.3. The largest absolute Gasteiger partial charge is 0.392 e. The molecule has 0 aromatic heterocycles. The van der Waals surface area contributed by atoms with Crippen molar-refractivity contribution in [1.29, 1.82) is 0 Å². The van der Waals surface area contributed by atoms with Gasteiger partial charge in [-0.05, 0) is 67.1 Å². The number of hydrogen-bond acceptors (Lipinski definition) is 2. The molecule has 0 unspecified atom stereocenters. The van der Waals surface area contributed by atoms with E-state index >= 15 is 0 Å². The molecule has 158 valence electrons. The Morgan fingerprint density at radius 3 is 2.57 bits per heavy atom. The number of aliphatic hydroxyl groups is 1. The van der Waals surface area contributed by atoms with E-state index < -0.39 is 6.10 Å². The Balaban J connectivity index is 1.73. The Bertz CT molecular complexity index is 597. The molecule has 0 aliphatic heterocycles. The number of fused-ring (bicyclic) bond motifs is 3. The lowest BCUT2D eigenvalue weighted by Gasteiger charge is -2.49. The minimum Gasteiger partial charge on any atom is -0.392 e. The molecule has 3 aliphatic carbocycles. The predicted octanol–water partition coefficient (Wildman–Crippen LogP) is 6.01. The molecular formula is C26H42O2. The first kappa shape index (κ1) is 21.9. The second-order valence-electron chi connectivity index (χ2n) is 10.8. The van der Waals surface area contributed by atoms with Gasteiger partial charge in [0, 0.05) is 25.2 Å². The summed E-state index contributed by atoms with van der Waals surface area (Å²) >= 11 is 0. The molecule has 0 radical (unpaired) electrons. The van der Waals surface area contributed by atoms with E-state index in [1.807, 2.05) is 0 Å². The van der Waals surface area contributed by atoms with Gasteiger partial charge in [-0.2, -0.15) is 0 Å². The Hall–Kier alpha value is -0.810. The third-order valence-corrected chi connectivity index (χ3v) is 8.58. The molecular weight excluding hydrogens is 344 g/mol. The number of carbonyl (C=O) groups is 1. The Labute approximate surface area is 173 Å². The van der Waals surface area contributed by atoms with Gasteiger partial charge < -0.3 is 5.11 Å². The second-order valence-corrected chi connectivity index (χ2v) is 10.8. The third kappa shape index (κ3) is 4.67. The smallest absolute Gasteiger partial charge is 0.136 e. The van der Waals surface area contributed by atoms with Gasteiger partial charge in [0.2, 0.25) is 0 Å². The zero-order valence-electron chi connectivity index (χ0n) is 18.7. The van der Waals surface area contributed by atoms with Crippen molar-refractivity contribution in [3.63, 3.8) is 0 Å². The van der Waals surface area contributed by atoms with Gasteiger partial charge in [0.15, 0.2) is 0 Å². The highest BCUT2D eigenvalue weighted by Gasteiger charge is 2.55. The summed E-state index contributed by atoms with van der Waals surface area (Å²) in [4.78, 5) is 13.0. The topological polar surface area (TPSA) is 37.3 Å². The summed E-state index contributed by atoms with van der Waals surface area (Å²) in [5, 5.41) is 9.98. The van der Waals surface area contributed by atoms with E-state index in [1.54, 1.807) is 0 Å². The SMILES string of the molecule is CC(C)CCC[C@@H](C)[C@H]1CC[C@H]2[C@@H]3CC#CC[C@@H](O)CCC(=O)[C@H]3CC[C@]12C. The van der Waals surface area contributed by atoms with Crippen molar-refractivity contribution in [2.75, 3.05) is 0 Å². The van der Waals surface area contributed by atoms with Crippen LogP contribution in [0.15, 0.2) is 0 Å². The fourth-order valence-electron chi connectivity index (χ4n) is 6.97. The summed E-state index contributed by atoms with van der Waals surface area (Å²) in [6.07, 6.45) is 11.0. The number of aliphatic hydroxyl groups excluding tert-OH is 1. The molecule has 28 heavy (non-hydrogen) atoms. The molecule has 2 fully saturated rings. The molecule has 1 N–H and O–H groups in total. The zero-order valence-corrected chi connectivity index (χ0v) is 18.7. The minimum atomic E-state index is -0.426. The molecule has 0 aromatic rings. The van der Waals surface area contributed by atoms with Crippen LogP contribution in [0.2, 0.25) is 0 Å². The van der Waals surface area contributed by atoms with Gasteiger partial charge in [0.05, 0.1) is 6.10 Å². The van der Waals surface area contributed by atoms with Gasteiger partial charge in [-0.1, -0.05) is 47.0 Å². The maximum Gasteiger partial charge on any atom is 0.136 e. The maximum absolute atomic E-state index is 13.0. The summed E-state index contributed by atoms with van der Waals surface area (Å²) in [7, 11) is 0. The molecule has 0 bridgehead atoms. The van der Waals surface area contributed by atoms with Crippen molar-refractivity contribution in [1.82, 2.24) is 0 Å². The number of ketones is 1. The number of hydrogen-bond donors (Lipinski definition) is 1. The maximum atomic E-state index is 13.0. The standard InChI is InChI=1S/C26H42O2/c1-18(2)8-7-9-19(3)23-13-14-24-21-11-6-5-10-20(27)12-15-25(28)22(21)16-17-26(23,24)4/h18-24,27H,7-17H2,1-4H3/t19-,20-,21-,22+,23-,24+,26-/m1/s1. The van der Waals surface area contributed by atoms with E-state index in [-0.39, 0.29) is 5.92 Å². The average Bonchev–Trinajstić information content (AvgIpc) is 2.99. The molecule has 0 heterocycles. The van der Waals surface area contributed by atoms with Crippen LogP contribution in [0, 0.1) is 52.8 Å². The number of carbonyl (C=O) groups excluding carboxylic acids is 1. The van der Waals surface area contributed by atoms with E-state index in [0.717, 1.165) is 30.6 Å². The van der Waals surface area contributed by atoms with Crippen LogP contribution in [0.25, 0.3) is 0 Å². The molecule has 2 heteroatoms. The quantitative estimate of drug-likeness (QED) is 0.587. The summed E-state index contributed by atoms with van der Waals surface area (Å²) in [5.74, 6) is 10.7. The molecule has 3 aliphatic rings. The van der Waals surface area contributed by atoms with Crippen molar-refractivity contribution >= 4 is 5.78 Å². The van der Waals surface area contributed by atoms with Crippen molar-refractivity contribution in [2.24, 2.45) is 40.9 Å². The summed E-state index contributed by atoms with van der Waals surface area (Å²) in [6, 6.07) is 0. The Morgan fingerprint density at radius 1 is 1.07 bits per heavy atom. The van der Waals surface area contributed by atoms with Crippen LogP contribution in [0.5, 0.6) is 0 Å². The van der Waals surface area contributed by atoms with Gasteiger partial charge in [-0.3, -0.25) is 4.79 Å². The highest BCUT2D eigenvalue weighted by Crippen LogP contribution is 2.62. The molecule has 2 saturated carbocycles. The van der Waals surface area contributed by atoms with Gasteiger partial charge in [-0.15, -0.1) is 11.8 Å². The molecule has 0 spiro atoms. The van der Waals surface area contributed by atoms with Gasteiger partial charge in [0.25, 0.3) is 0 Å². The first-order chi connectivity index (χ1) is 13.3. The summed E-state index contributed by atoms with van der Waals surface area (Å²) in [6.45, 7) is 9.69. The van der Waals surface area contributed by atoms with E-state index in [4.69, 9.17) is 0 Å². The molecule has 0 amide bonds. The Kier molecular flexibility index (Phi) is 7.30. The fourth-order valence-corrected chi connectivity index (χ4v) is 6.97. The summed E-state index contributed by atoms with van der Waals surface area (Å²) < 4.78 is 0. The third-order valence-electron chi connectivity index (χ3n) is 8.58. The van der Waals surface area contributed by atoms with Crippen LogP contribution >= 0.6 is 0 Å². The minimum absolute atomic E-state index is 0.188. The molecule has 3 rings (SSSR count). The van der Waals surface area contributed by atoms with E-state index in [1.165, 1.54) is 38.5 Å². The first-order valence-electron chi connectivity index (χ1n) is 12.0. The molecule has 2 nitrogen and oxygen atoms in total. The second kappa shape index (κ2) is 9.34. The number of Topliss-reactive ketones (excluding diaryl/α,β-unsaturated/α-hetero) is 1. The van der Waals surface area contributed by atoms with Crippen LogP contribution in [0.1, 0.15) is 98.3 Å². The zero-order chi connectivity index (χ0) is 20.3. The lowest BCUT2D eigenvalue weighted by atomic mass is 9.55. The van der Waals surface area contributed by atoms with Crippen LogP contribution in [0.3, 0.4) is 0 Å². The van der Waals surface area contributed by atoms with Crippen LogP contribution in [-0.2, 0) is 4.79 Å². The van der Waals surface area contributed by atoms with Crippen molar-refractivity contribution in [3.8, 4) is 11.8 Å². The lowest BCUT2D eigenvalue weighted by Crippen LogP contribution is -2.45. The van der Waals surface area contributed by atoms with Crippen LogP contribution in [0.4, 0.5) is 0 Å². The number of rotatable bonds is 5. The van der Waals surface area contributed by atoms with Gasteiger partial charge in [0.1, 0.15) is 5.78 Å². The lowest BCUT2D eigenvalue weighted by molar-refractivity contribution is -0.130. The van der Waals surface area contributed by atoms with Gasteiger partial charge in [-0.25, -0.2) is 0 Å². The van der Waals surface area contributed by atoms with E-state index in [9.17, 15) is 9.90 Å². The van der Waals surface area contributed by atoms with Crippen LogP contribution < -0.4 is 0 Å². The first-order valence-corrected chi connectivity index (χ1v) is 12.0. The Morgan fingerprint density at radius 2 is 1.82 bits per heavy atom. The van der Waals surface area contributed by atoms with E-state index in [2.05, 4.69) is 39.5 Å². The fraction of sp³-hybridized carbons (Fsp3) is 0.885. The van der Waals surface area contributed by atoms with Gasteiger partial charge >= 0.3 is 0 Å². The monoisotopic (exact) mass is 386 g/mol. The van der Waals surface area contributed by atoms with E-state index in [0.29, 0.717) is 42.3 Å². The summed E-state index contributed by atoms with van der Waals surface area (Å²) in [5.41, 5.74) is 0.393. The molecule has 0 aromatic carbocycles. The normalized spacial score (nSPS) is 39.6. The van der Waals surface area contributed by atoms with Crippen molar-refractivity contribution in [3.05, 3.63) is 0 Å². The van der Waals surface area contributed by atoms with Crippen molar-refractivity contribution in [2.45, 2.75) is 104 Å². The van der Waals surface area contributed by atoms with Crippen LogP contribution in [-0.4, -0.2) is 17.0 Å². The highest BCUT2D eigenvalue weighted by molar-refractivity contribution is 5.81. The molecule has 7 atom stereocenters. The van der Waals surface area contributed by atoms with Crippen molar-refractivity contribution < 1.29 is 9.90 Å². The average molecular weight is 387 g/mol.